The molecule has 2 rings (SSSR count). The minimum atomic E-state index is 0.105. The lowest BCUT2D eigenvalue weighted by Gasteiger charge is -2.18. The minimum absolute atomic E-state index is 0.105. The number of halogens is 1. The van der Waals surface area contributed by atoms with Crippen LogP contribution in [0.15, 0.2) is 22.8 Å². The van der Waals surface area contributed by atoms with Gasteiger partial charge in [-0.3, -0.25) is 0 Å². The van der Waals surface area contributed by atoms with Gasteiger partial charge >= 0.3 is 0 Å². The third-order valence-corrected chi connectivity index (χ3v) is 5.23. The lowest BCUT2D eigenvalue weighted by molar-refractivity contribution is 0.178. The summed E-state index contributed by atoms with van der Waals surface area (Å²) >= 11 is 3.52. The number of rotatable bonds is 9. The van der Waals surface area contributed by atoms with Crippen LogP contribution in [0.1, 0.15) is 69.7 Å². The average molecular weight is 436 g/mol. The summed E-state index contributed by atoms with van der Waals surface area (Å²) in [7, 11) is 1.69. The number of ether oxygens (including phenoxy) is 2. The van der Waals surface area contributed by atoms with E-state index in [1.54, 1.807) is 7.11 Å². The summed E-state index contributed by atoms with van der Waals surface area (Å²) in [4.78, 5) is 9.04. The first-order valence-electron chi connectivity index (χ1n) is 9.54. The van der Waals surface area contributed by atoms with Gasteiger partial charge in [-0.05, 0) is 46.3 Å². The van der Waals surface area contributed by atoms with Gasteiger partial charge < -0.3 is 15.2 Å². The van der Waals surface area contributed by atoms with Crippen LogP contribution in [0.4, 0.5) is 5.82 Å². The molecule has 0 aliphatic heterocycles. The molecule has 0 fully saturated rings. The van der Waals surface area contributed by atoms with Crippen molar-refractivity contribution in [3.8, 4) is 11.6 Å². The Morgan fingerprint density at radius 3 is 2.52 bits per heavy atom. The van der Waals surface area contributed by atoms with Gasteiger partial charge in [-0.1, -0.05) is 46.2 Å². The van der Waals surface area contributed by atoms with Crippen molar-refractivity contribution in [1.29, 1.82) is 0 Å². The highest BCUT2D eigenvalue weighted by molar-refractivity contribution is 9.10. The molecule has 1 heterocycles. The fourth-order valence-electron chi connectivity index (χ4n) is 2.92. The maximum absolute atomic E-state index is 6.13. The van der Waals surface area contributed by atoms with Crippen LogP contribution < -0.4 is 15.2 Å². The maximum Gasteiger partial charge on any atom is 0.258 e. The van der Waals surface area contributed by atoms with E-state index in [9.17, 15) is 0 Å². The van der Waals surface area contributed by atoms with Gasteiger partial charge in [0.25, 0.3) is 5.88 Å². The zero-order valence-corrected chi connectivity index (χ0v) is 18.5. The van der Waals surface area contributed by atoms with Gasteiger partial charge in [0.2, 0.25) is 0 Å². The normalized spacial score (nSPS) is 12.3. The van der Waals surface area contributed by atoms with E-state index in [1.807, 2.05) is 0 Å². The Hall–Kier alpha value is -1.82. The molecule has 1 aromatic heterocycles. The van der Waals surface area contributed by atoms with Gasteiger partial charge in [-0.25, -0.2) is 9.97 Å². The van der Waals surface area contributed by atoms with E-state index >= 15 is 0 Å². The van der Waals surface area contributed by atoms with Gasteiger partial charge in [0.15, 0.2) is 5.82 Å². The van der Waals surface area contributed by atoms with E-state index in [-0.39, 0.29) is 6.10 Å². The standard InChI is InChI=1S/C21H30BrN3O2/c1-6-8-16(7-2)27-21-20(23)24-17(19(22)25-21)11-15-10-9-14(13(3)4)12-18(15)26-5/h9-10,12-13,16H,6-8,11H2,1-5H3,(H2,23,24). The van der Waals surface area contributed by atoms with Crippen molar-refractivity contribution in [3.63, 3.8) is 0 Å². The number of nitrogen functional groups attached to an aromatic ring is 1. The number of benzene rings is 1. The van der Waals surface area contributed by atoms with Crippen molar-refractivity contribution < 1.29 is 9.47 Å². The van der Waals surface area contributed by atoms with Crippen LogP contribution >= 0.6 is 15.9 Å². The number of nitrogens with two attached hydrogens (primary N) is 1. The van der Waals surface area contributed by atoms with Gasteiger partial charge in [0, 0.05) is 12.0 Å². The molecule has 0 saturated heterocycles. The van der Waals surface area contributed by atoms with Crippen molar-refractivity contribution in [1.82, 2.24) is 9.97 Å². The summed E-state index contributed by atoms with van der Waals surface area (Å²) < 4.78 is 12.2. The van der Waals surface area contributed by atoms with E-state index in [1.165, 1.54) is 5.56 Å². The first kappa shape index (κ1) is 21.5. The van der Waals surface area contributed by atoms with Crippen molar-refractivity contribution in [2.24, 2.45) is 0 Å². The predicted molar refractivity (Wildman–Crippen MR) is 114 cm³/mol. The highest BCUT2D eigenvalue weighted by atomic mass is 79.9. The summed E-state index contributed by atoms with van der Waals surface area (Å²) in [6, 6.07) is 6.29. The smallest absolute Gasteiger partial charge is 0.258 e. The van der Waals surface area contributed by atoms with Crippen molar-refractivity contribution in [3.05, 3.63) is 39.6 Å². The second-order valence-corrected chi connectivity index (χ2v) is 7.74. The van der Waals surface area contributed by atoms with Crippen LogP contribution in [0.2, 0.25) is 0 Å². The Morgan fingerprint density at radius 1 is 1.19 bits per heavy atom. The van der Waals surface area contributed by atoms with Crippen LogP contribution in [-0.4, -0.2) is 23.2 Å². The zero-order chi connectivity index (χ0) is 20.0. The second kappa shape index (κ2) is 9.93. The Balaban J connectivity index is 2.26. The molecule has 0 spiro atoms. The fraction of sp³-hybridized carbons (Fsp3) is 0.524. The van der Waals surface area contributed by atoms with Gasteiger partial charge in [-0.2, -0.15) is 0 Å². The van der Waals surface area contributed by atoms with E-state index in [2.05, 4.69) is 71.8 Å². The molecular formula is C21H30BrN3O2. The summed E-state index contributed by atoms with van der Waals surface area (Å²) in [6.07, 6.45) is 3.61. The summed E-state index contributed by atoms with van der Waals surface area (Å²) in [5.41, 5.74) is 9.17. The van der Waals surface area contributed by atoms with E-state index < -0.39 is 0 Å². The van der Waals surface area contributed by atoms with Crippen LogP contribution in [0.25, 0.3) is 0 Å². The van der Waals surface area contributed by atoms with E-state index in [0.717, 1.165) is 36.3 Å². The van der Waals surface area contributed by atoms with Gasteiger partial charge in [0.05, 0.1) is 12.8 Å². The molecule has 6 heteroatoms. The zero-order valence-electron chi connectivity index (χ0n) is 16.9. The molecule has 148 valence electrons. The minimum Gasteiger partial charge on any atom is -0.496 e. The molecule has 2 N–H and O–H groups in total. The number of hydrogen-bond donors (Lipinski definition) is 1. The second-order valence-electron chi connectivity index (χ2n) is 6.99. The Labute approximate surface area is 170 Å². The van der Waals surface area contributed by atoms with Gasteiger partial charge in [0.1, 0.15) is 16.5 Å². The highest BCUT2D eigenvalue weighted by Crippen LogP contribution is 2.30. The topological polar surface area (TPSA) is 70.3 Å². The molecule has 0 aliphatic rings. The molecule has 0 aliphatic carbocycles. The molecule has 2 aromatic rings. The van der Waals surface area contributed by atoms with Crippen LogP contribution in [0.5, 0.6) is 11.6 Å². The fourth-order valence-corrected chi connectivity index (χ4v) is 3.31. The first-order chi connectivity index (χ1) is 12.9. The number of methoxy groups -OCH3 is 1. The number of hydrogen-bond acceptors (Lipinski definition) is 5. The third-order valence-electron chi connectivity index (χ3n) is 4.59. The Morgan fingerprint density at radius 2 is 1.93 bits per heavy atom. The molecule has 0 bridgehead atoms. The monoisotopic (exact) mass is 435 g/mol. The predicted octanol–water partition coefficient (Wildman–Crippen LogP) is 5.50. The Kier molecular flexibility index (Phi) is 7.90. The van der Waals surface area contributed by atoms with Crippen molar-refractivity contribution >= 4 is 21.7 Å². The van der Waals surface area contributed by atoms with Crippen LogP contribution in [0, 0.1) is 0 Å². The first-order valence-corrected chi connectivity index (χ1v) is 10.3. The summed E-state index contributed by atoms with van der Waals surface area (Å²) in [6.45, 7) is 8.56. The molecular weight excluding hydrogens is 406 g/mol. The highest BCUT2D eigenvalue weighted by Gasteiger charge is 2.17. The average Bonchev–Trinajstić information content (AvgIpc) is 2.65. The van der Waals surface area contributed by atoms with Crippen molar-refractivity contribution in [2.45, 2.75) is 65.4 Å². The molecule has 1 unspecified atom stereocenters. The molecule has 1 aromatic carbocycles. The lowest BCUT2D eigenvalue weighted by Crippen LogP contribution is -2.17. The van der Waals surface area contributed by atoms with Gasteiger partial charge in [-0.15, -0.1) is 0 Å². The van der Waals surface area contributed by atoms with Crippen molar-refractivity contribution in [2.75, 3.05) is 12.8 Å². The molecule has 5 nitrogen and oxygen atoms in total. The van der Waals surface area contributed by atoms with E-state index in [4.69, 9.17) is 15.2 Å². The molecule has 0 saturated carbocycles. The van der Waals surface area contributed by atoms with Crippen LogP contribution in [0.3, 0.4) is 0 Å². The third kappa shape index (κ3) is 5.58. The van der Waals surface area contributed by atoms with Crippen LogP contribution in [-0.2, 0) is 6.42 Å². The Bertz CT molecular complexity index is 765. The molecule has 0 amide bonds. The molecule has 0 radical (unpaired) electrons. The SMILES string of the molecule is CCCC(CC)Oc1nc(Br)c(Cc2ccc(C(C)C)cc2OC)nc1N. The number of anilines is 1. The number of nitrogens with zero attached hydrogens (tertiary/aromatic N) is 2. The summed E-state index contributed by atoms with van der Waals surface area (Å²) in [5.74, 6) is 2.01. The molecule has 1 atom stereocenters. The lowest BCUT2D eigenvalue weighted by atomic mass is 9.99. The summed E-state index contributed by atoms with van der Waals surface area (Å²) in [5, 5.41) is 0. The largest absolute Gasteiger partial charge is 0.496 e. The number of aromatic nitrogens is 2. The van der Waals surface area contributed by atoms with E-state index in [0.29, 0.717) is 28.6 Å². The maximum atomic E-state index is 6.13. The molecule has 27 heavy (non-hydrogen) atoms. The quantitative estimate of drug-likeness (QED) is 0.562.